The van der Waals surface area contributed by atoms with E-state index in [1.807, 2.05) is 19.9 Å². The third-order valence-corrected chi connectivity index (χ3v) is 2.19. The maximum Gasteiger partial charge on any atom is 0.292 e. The van der Waals surface area contributed by atoms with E-state index in [1.54, 1.807) is 16.8 Å². The smallest absolute Gasteiger partial charge is 0.292 e. The van der Waals surface area contributed by atoms with Gasteiger partial charge in [-0.3, -0.25) is 4.79 Å². The van der Waals surface area contributed by atoms with E-state index in [0.29, 0.717) is 18.1 Å². The Bertz CT molecular complexity index is 485. The lowest BCUT2D eigenvalue weighted by Gasteiger charge is -2.04. The fraction of sp³-hybridized carbons (Fsp3) is 0.273. The Morgan fingerprint density at radius 3 is 3.06 bits per heavy atom. The van der Waals surface area contributed by atoms with Gasteiger partial charge in [-0.25, -0.2) is 4.68 Å². The predicted octanol–water partition coefficient (Wildman–Crippen LogP) is 2.06. The molecular formula is C11H13N3O2. The molecule has 5 heteroatoms. The van der Waals surface area contributed by atoms with Crippen molar-refractivity contribution in [3.8, 4) is 0 Å². The van der Waals surface area contributed by atoms with E-state index >= 15 is 0 Å². The van der Waals surface area contributed by atoms with Gasteiger partial charge >= 0.3 is 0 Å². The van der Waals surface area contributed by atoms with Crippen LogP contribution in [-0.4, -0.2) is 15.7 Å². The van der Waals surface area contributed by atoms with Crippen molar-refractivity contribution in [3.05, 3.63) is 35.9 Å². The fourth-order valence-corrected chi connectivity index (χ4v) is 1.47. The van der Waals surface area contributed by atoms with Crippen molar-refractivity contribution in [1.29, 1.82) is 0 Å². The van der Waals surface area contributed by atoms with E-state index in [-0.39, 0.29) is 5.91 Å². The summed E-state index contributed by atoms with van der Waals surface area (Å²) in [6.07, 6.45) is 1.47. The molecule has 0 aliphatic carbocycles. The average molecular weight is 219 g/mol. The summed E-state index contributed by atoms with van der Waals surface area (Å²) in [4.78, 5) is 11.7. The number of aryl methyl sites for hydroxylation is 2. The van der Waals surface area contributed by atoms with Gasteiger partial charge in [-0.05, 0) is 26.0 Å². The Hall–Kier alpha value is -2.04. The third kappa shape index (κ3) is 1.98. The van der Waals surface area contributed by atoms with Gasteiger partial charge in [0.1, 0.15) is 5.82 Å². The van der Waals surface area contributed by atoms with E-state index in [1.165, 1.54) is 6.26 Å². The largest absolute Gasteiger partial charge is 0.459 e. The zero-order valence-electron chi connectivity index (χ0n) is 9.23. The molecule has 0 saturated carbocycles. The van der Waals surface area contributed by atoms with Gasteiger partial charge in [-0.2, -0.15) is 5.10 Å². The lowest BCUT2D eigenvalue weighted by atomic mass is 10.4. The zero-order valence-corrected chi connectivity index (χ0v) is 9.23. The first-order valence-corrected chi connectivity index (χ1v) is 5.10. The van der Waals surface area contributed by atoms with Gasteiger partial charge in [-0.15, -0.1) is 0 Å². The standard InChI is InChI=1S/C11H13N3O2/c1-3-14-10(7-8(2)13-14)12-11(15)9-5-4-6-16-9/h4-7H,3H2,1-2H3,(H,12,15). The van der Waals surface area contributed by atoms with Crippen molar-refractivity contribution < 1.29 is 9.21 Å². The van der Waals surface area contributed by atoms with Crippen LogP contribution in [0, 0.1) is 6.92 Å². The molecule has 1 N–H and O–H groups in total. The molecule has 0 fully saturated rings. The summed E-state index contributed by atoms with van der Waals surface area (Å²) < 4.78 is 6.74. The number of rotatable bonds is 3. The highest BCUT2D eigenvalue weighted by molar-refractivity contribution is 6.01. The molecule has 0 radical (unpaired) electrons. The maximum atomic E-state index is 11.7. The van der Waals surface area contributed by atoms with Crippen molar-refractivity contribution in [1.82, 2.24) is 9.78 Å². The molecule has 16 heavy (non-hydrogen) atoms. The highest BCUT2D eigenvalue weighted by atomic mass is 16.3. The number of nitrogens with zero attached hydrogens (tertiary/aromatic N) is 2. The van der Waals surface area contributed by atoms with Crippen LogP contribution in [0.3, 0.4) is 0 Å². The van der Waals surface area contributed by atoms with Crippen molar-refractivity contribution >= 4 is 11.7 Å². The quantitative estimate of drug-likeness (QED) is 0.859. The Morgan fingerprint density at radius 1 is 1.62 bits per heavy atom. The van der Waals surface area contributed by atoms with Gasteiger partial charge < -0.3 is 9.73 Å². The molecular weight excluding hydrogens is 206 g/mol. The van der Waals surface area contributed by atoms with Gasteiger partial charge in [0.2, 0.25) is 0 Å². The van der Waals surface area contributed by atoms with Crippen molar-refractivity contribution in [2.75, 3.05) is 5.32 Å². The van der Waals surface area contributed by atoms with E-state index < -0.39 is 0 Å². The lowest BCUT2D eigenvalue weighted by Crippen LogP contribution is -2.14. The molecule has 0 saturated heterocycles. The summed E-state index contributed by atoms with van der Waals surface area (Å²) in [5.74, 6) is 0.711. The molecule has 0 bridgehead atoms. The summed E-state index contributed by atoms with van der Waals surface area (Å²) in [6.45, 7) is 4.56. The molecule has 2 aromatic rings. The van der Waals surface area contributed by atoms with Crippen molar-refractivity contribution in [2.24, 2.45) is 0 Å². The van der Waals surface area contributed by atoms with E-state index in [9.17, 15) is 4.79 Å². The summed E-state index contributed by atoms with van der Waals surface area (Å²) >= 11 is 0. The van der Waals surface area contributed by atoms with Crippen LogP contribution in [0.2, 0.25) is 0 Å². The van der Waals surface area contributed by atoms with E-state index in [0.717, 1.165) is 5.69 Å². The SMILES string of the molecule is CCn1nc(C)cc1NC(=O)c1ccco1. The van der Waals surface area contributed by atoms with Crippen LogP contribution in [-0.2, 0) is 6.54 Å². The van der Waals surface area contributed by atoms with Gasteiger partial charge in [0, 0.05) is 12.6 Å². The number of nitrogens with one attached hydrogen (secondary N) is 1. The first kappa shape index (κ1) is 10.5. The minimum atomic E-state index is -0.264. The Morgan fingerprint density at radius 2 is 2.44 bits per heavy atom. The lowest BCUT2D eigenvalue weighted by molar-refractivity contribution is 0.0995. The van der Waals surface area contributed by atoms with Crippen LogP contribution >= 0.6 is 0 Å². The molecule has 0 unspecified atom stereocenters. The molecule has 84 valence electrons. The van der Waals surface area contributed by atoms with Crippen LogP contribution in [0.25, 0.3) is 0 Å². The highest BCUT2D eigenvalue weighted by Crippen LogP contribution is 2.12. The minimum Gasteiger partial charge on any atom is -0.459 e. The van der Waals surface area contributed by atoms with Crippen molar-refractivity contribution in [2.45, 2.75) is 20.4 Å². The van der Waals surface area contributed by atoms with E-state index in [4.69, 9.17) is 4.42 Å². The number of amides is 1. The second kappa shape index (κ2) is 4.22. The van der Waals surface area contributed by atoms with Crippen LogP contribution in [0.4, 0.5) is 5.82 Å². The third-order valence-electron chi connectivity index (χ3n) is 2.19. The van der Waals surface area contributed by atoms with Crippen LogP contribution in [0.15, 0.2) is 28.9 Å². The molecule has 0 aromatic carbocycles. The number of hydrogen-bond donors (Lipinski definition) is 1. The number of anilines is 1. The first-order chi connectivity index (χ1) is 7.70. The van der Waals surface area contributed by atoms with Gasteiger partial charge in [0.15, 0.2) is 5.76 Å². The Labute approximate surface area is 93.1 Å². The van der Waals surface area contributed by atoms with Gasteiger partial charge in [0.05, 0.1) is 12.0 Å². The van der Waals surface area contributed by atoms with Crippen LogP contribution in [0.5, 0.6) is 0 Å². The van der Waals surface area contributed by atoms with Gasteiger partial charge in [-0.1, -0.05) is 0 Å². The topological polar surface area (TPSA) is 60.1 Å². The number of aromatic nitrogens is 2. The van der Waals surface area contributed by atoms with E-state index in [2.05, 4.69) is 10.4 Å². The second-order valence-electron chi connectivity index (χ2n) is 3.42. The second-order valence-corrected chi connectivity index (χ2v) is 3.42. The molecule has 5 nitrogen and oxygen atoms in total. The minimum absolute atomic E-state index is 0.264. The maximum absolute atomic E-state index is 11.7. The zero-order chi connectivity index (χ0) is 11.5. The molecule has 0 atom stereocenters. The van der Waals surface area contributed by atoms with Crippen molar-refractivity contribution in [3.63, 3.8) is 0 Å². The molecule has 2 aromatic heterocycles. The molecule has 0 spiro atoms. The highest BCUT2D eigenvalue weighted by Gasteiger charge is 2.11. The average Bonchev–Trinajstić information content (AvgIpc) is 2.87. The summed E-state index contributed by atoms with van der Waals surface area (Å²) in [5, 5.41) is 6.99. The molecule has 1 amide bonds. The molecule has 0 aliphatic heterocycles. The Balaban J connectivity index is 2.17. The number of carbonyl (C=O) groups excluding carboxylic acids is 1. The number of hydrogen-bond acceptors (Lipinski definition) is 3. The summed E-state index contributed by atoms with van der Waals surface area (Å²) in [6, 6.07) is 5.12. The molecule has 2 heterocycles. The normalized spacial score (nSPS) is 10.4. The van der Waals surface area contributed by atoms with Crippen LogP contribution in [0.1, 0.15) is 23.2 Å². The summed E-state index contributed by atoms with van der Waals surface area (Å²) in [5.41, 5.74) is 0.872. The Kier molecular flexibility index (Phi) is 2.76. The number of furan rings is 1. The van der Waals surface area contributed by atoms with Crippen LogP contribution < -0.4 is 5.32 Å². The number of carbonyl (C=O) groups is 1. The molecule has 2 rings (SSSR count). The van der Waals surface area contributed by atoms with Gasteiger partial charge in [0.25, 0.3) is 5.91 Å². The first-order valence-electron chi connectivity index (χ1n) is 5.10. The molecule has 0 aliphatic rings. The summed E-state index contributed by atoms with van der Waals surface area (Å²) in [7, 11) is 0. The monoisotopic (exact) mass is 219 g/mol. The fourth-order valence-electron chi connectivity index (χ4n) is 1.47. The predicted molar refractivity (Wildman–Crippen MR) is 59.3 cm³/mol.